The molecule has 3 aromatic rings. The van der Waals surface area contributed by atoms with Gasteiger partial charge in [0.15, 0.2) is 5.13 Å². The zero-order valence-electron chi connectivity index (χ0n) is 17.5. The molecule has 0 aliphatic rings. The summed E-state index contributed by atoms with van der Waals surface area (Å²) in [5.41, 5.74) is 0.817. The Morgan fingerprint density at radius 2 is 1.93 bits per heavy atom. The van der Waals surface area contributed by atoms with Gasteiger partial charge in [-0.1, -0.05) is 37.3 Å². The maximum Gasteiger partial charge on any atom is 0.252 e. The molecule has 162 valence electrons. The molecule has 5 nitrogen and oxygen atoms in total. The highest BCUT2D eigenvalue weighted by Gasteiger charge is 2.20. The highest BCUT2D eigenvalue weighted by atomic mass is 35.5. The largest absolute Gasteiger partial charge is 0.492 e. The second-order valence-electron chi connectivity index (χ2n) is 6.40. The fourth-order valence-electron chi connectivity index (χ4n) is 3.01. The van der Waals surface area contributed by atoms with E-state index in [1.165, 1.54) is 11.3 Å². The number of nitrogens with zero attached hydrogens (tertiary/aromatic N) is 3. The number of carbonyl (C=O) groups excluding carboxylic acids is 1. The number of hydrogen-bond donors (Lipinski definition) is 0. The Balaban J connectivity index is 0.00000320. The van der Waals surface area contributed by atoms with Crippen LogP contribution in [0.2, 0.25) is 0 Å². The van der Waals surface area contributed by atoms with E-state index < -0.39 is 0 Å². The zero-order valence-corrected chi connectivity index (χ0v) is 20.0. The van der Waals surface area contributed by atoms with Crippen LogP contribution in [0, 0.1) is 0 Å². The molecule has 2 heterocycles. The number of benzene rings is 1. The van der Waals surface area contributed by atoms with E-state index in [4.69, 9.17) is 9.72 Å². The van der Waals surface area contributed by atoms with Gasteiger partial charge in [0.2, 0.25) is 0 Å². The molecule has 0 bridgehead atoms. The fraction of sp³-hybridized carbons (Fsp3) is 0.364. The first-order chi connectivity index (χ1) is 14.2. The third kappa shape index (κ3) is 6.04. The van der Waals surface area contributed by atoms with Crippen molar-refractivity contribution in [2.24, 2.45) is 0 Å². The van der Waals surface area contributed by atoms with Crippen LogP contribution >= 0.6 is 35.1 Å². The fourth-order valence-corrected chi connectivity index (χ4v) is 4.64. The van der Waals surface area contributed by atoms with Crippen molar-refractivity contribution in [2.45, 2.75) is 20.8 Å². The number of thiazole rings is 1. The van der Waals surface area contributed by atoms with Crippen LogP contribution < -0.4 is 9.64 Å². The number of ether oxygens (including phenoxy) is 1. The molecule has 1 amide bonds. The first-order valence-electron chi connectivity index (χ1n) is 9.94. The van der Waals surface area contributed by atoms with E-state index in [-0.39, 0.29) is 18.3 Å². The average Bonchev–Trinajstić information content (AvgIpc) is 3.40. The van der Waals surface area contributed by atoms with E-state index in [1.807, 2.05) is 48.7 Å². The summed E-state index contributed by atoms with van der Waals surface area (Å²) in [5.74, 6) is 0.709. The summed E-state index contributed by atoms with van der Waals surface area (Å²) in [6.45, 7) is 10.1. The average molecular weight is 466 g/mol. The minimum atomic E-state index is -0.0532. The predicted molar refractivity (Wildman–Crippen MR) is 132 cm³/mol. The number of thiophene rings is 1. The number of hydrogen-bond acceptors (Lipinski definition) is 6. The monoisotopic (exact) mass is 465 g/mol. The number of likely N-dealkylation sites (N-methyl/N-ethyl adjacent to an activating group) is 1. The van der Waals surface area contributed by atoms with Gasteiger partial charge in [0.05, 0.1) is 11.3 Å². The van der Waals surface area contributed by atoms with Crippen LogP contribution in [0.3, 0.4) is 0 Å². The molecule has 3 rings (SSSR count). The van der Waals surface area contributed by atoms with Gasteiger partial charge in [0, 0.05) is 24.0 Å². The lowest BCUT2D eigenvalue weighted by Gasteiger charge is -2.23. The van der Waals surface area contributed by atoms with Gasteiger partial charge >= 0.3 is 0 Å². The lowest BCUT2D eigenvalue weighted by atomic mass is 10.3. The van der Waals surface area contributed by atoms with Crippen molar-refractivity contribution in [3.05, 3.63) is 46.7 Å². The van der Waals surface area contributed by atoms with Gasteiger partial charge < -0.3 is 9.64 Å². The molecular weight excluding hydrogens is 438 g/mol. The molecule has 0 aliphatic heterocycles. The van der Waals surface area contributed by atoms with E-state index in [0.717, 1.165) is 40.5 Å². The number of anilines is 1. The molecule has 0 saturated carbocycles. The minimum Gasteiger partial charge on any atom is -0.492 e. The van der Waals surface area contributed by atoms with E-state index in [9.17, 15) is 4.79 Å². The third-order valence-electron chi connectivity index (χ3n) is 4.64. The molecule has 0 atom stereocenters. The highest BCUT2D eigenvalue weighted by Crippen LogP contribution is 2.34. The molecule has 0 unspecified atom stereocenters. The Kier molecular flexibility index (Phi) is 9.78. The molecule has 0 N–H and O–H groups in total. The molecule has 2 aromatic heterocycles. The third-order valence-corrected chi connectivity index (χ3v) is 6.52. The number of aromatic nitrogens is 1. The molecule has 0 fully saturated rings. The number of rotatable bonds is 10. The second-order valence-corrected chi connectivity index (χ2v) is 8.39. The summed E-state index contributed by atoms with van der Waals surface area (Å²) in [5, 5.41) is 2.71. The van der Waals surface area contributed by atoms with E-state index in [0.29, 0.717) is 18.3 Å². The van der Waals surface area contributed by atoms with Crippen LogP contribution in [0.1, 0.15) is 25.6 Å². The zero-order chi connectivity index (χ0) is 20.6. The van der Waals surface area contributed by atoms with Crippen LogP contribution in [0.5, 0.6) is 5.75 Å². The lowest BCUT2D eigenvalue weighted by molar-refractivity contribution is -0.114. The Morgan fingerprint density at radius 3 is 2.60 bits per heavy atom. The van der Waals surface area contributed by atoms with E-state index in [2.05, 4.69) is 18.7 Å². The van der Waals surface area contributed by atoms with Gasteiger partial charge in [-0.15, -0.1) is 23.7 Å². The van der Waals surface area contributed by atoms with Gasteiger partial charge in [-0.2, -0.15) is 0 Å². The van der Waals surface area contributed by atoms with Gasteiger partial charge in [-0.3, -0.25) is 9.69 Å². The number of halogens is 1. The molecular formula is C22H28ClN3O2S2. The van der Waals surface area contributed by atoms with Gasteiger partial charge in [-0.25, -0.2) is 4.98 Å². The van der Waals surface area contributed by atoms with Crippen molar-refractivity contribution in [3.63, 3.8) is 0 Å². The number of amides is 1. The summed E-state index contributed by atoms with van der Waals surface area (Å²) in [4.78, 5) is 23.0. The standard InChI is InChI=1S/C22H27N3O2S2.ClH/c1-4-24(5-2)14-15-25(20(26)13-12-17-9-8-16-28-17)22-23-21-18(27-6-3)10-7-11-19(21)29-22;/h7-13,16H,4-6,14-15H2,1-3H3;1H. The minimum absolute atomic E-state index is 0. The Morgan fingerprint density at radius 1 is 1.13 bits per heavy atom. The first-order valence-corrected chi connectivity index (χ1v) is 11.6. The van der Waals surface area contributed by atoms with E-state index >= 15 is 0 Å². The van der Waals surface area contributed by atoms with Crippen LogP contribution in [0.4, 0.5) is 5.13 Å². The molecule has 30 heavy (non-hydrogen) atoms. The quantitative estimate of drug-likeness (QED) is 0.367. The van der Waals surface area contributed by atoms with Crippen LogP contribution in [0.25, 0.3) is 16.3 Å². The Labute approximate surface area is 192 Å². The smallest absolute Gasteiger partial charge is 0.252 e. The van der Waals surface area contributed by atoms with Crippen molar-refractivity contribution in [1.29, 1.82) is 0 Å². The van der Waals surface area contributed by atoms with Crippen molar-refractivity contribution < 1.29 is 9.53 Å². The van der Waals surface area contributed by atoms with Gasteiger partial charge in [-0.05, 0) is 49.7 Å². The topological polar surface area (TPSA) is 45.7 Å². The predicted octanol–water partition coefficient (Wildman–Crippen LogP) is 5.57. The van der Waals surface area contributed by atoms with E-state index in [1.54, 1.807) is 22.3 Å². The van der Waals surface area contributed by atoms with Crippen molar-refractivity contribution in [2.75, 3.05) is 37.7 Å². The molecule has 1 aromatic carbocycles. The second kappa shape index (κ2) is 12.1. The van der Waals surface area contributed by atoms with Crippen LogP contribution in [-0.4, -0.2) is 48.6 Å². The summed E-state index contributed by atoms with van der Waals surface area (Å²) in [7, 11) is 0. The molecule has 0 spiro atoms. The maximum atomic E-state index is 13.1. The van der Waals surface area contributed by atoms with Crippen LogP contribution in [0.15, 0.2) is 41.8 Å². The SMILES string of the molecule is CCOc1cccc2sc(N(CCN(CC)CC)C(=O)C=Cc3cccs3)nc12.Cl. The lowest BCUT2D eigenvalue weighted by Crippen LogP contribution is -2.38. The summed E-state index contributed by atoms with van der Waals surface area (Å²) < 4.78 is 6.74. The first kappa shape index (κ1) is 24.3. The highest BCUT2D eigenvalue weighted by molar-refractivity contribution is 7.22. The number of carbonyl (C=O) groups is 1. The van der Waals surface area contributed by atoms with Gasteiger partial charge in [0.1, 0.15) is 11.3 Å². The Hall–Kier alpha value is -1.93. The number of para-hydroxylation sites is 1. The van der Waals surface area contributed by atoms with Crippen molar-refractivity contribution >= 4 is 62.4 Å². The van der Waals surface area contributed by atoms with Crippen molar-refractivity contribution in [1.82, 2.24) is 9.88 Å². The summed E-state index contributed by atoms with van der Waals surface area (Å²) in [6.07, 6.45) is 3.51. The summed E-state index contributed by atoms with van der Waals surface area (Å²) in [6, 6.07) is 9.90. The van der Waals surface area contributed by atoms with Gasteiger partial charge in [0.25, 0.3) is 5.91 Å². The maximum absolute atomic E-state index is 13.1. The number of fused-ring (bicyclic) bond motifs is 1. The molecule has 0 saturated heterocycles. The van der Waals surface area contributed by atoms with Crippen molar-refractivity contribution in [3.8, 4) is 5.75 Å². The normalized spacial score (nSPS) is 11.2. The Bertz CT molecular complexity index is 953. The molecule has 8 heteroatoms. The molecule has 0 radical (unpaired) electrons. The summed E-state index contributed by atoms with van der Waals surface area (Å²) >= 11 is 3.14. The van der Waals surface area contributed by atoms with Crippen LogP contribution in [-0.2, 0) is 4.79 Å². The molecule has 0 aliphatic carbocycles.